The first kappa shape index (κ1) is 18.1. The van der Waals surface area contributed by atoms with E-state index in [1.807, 2.05) is 4.72 Å². The van der Waals surface area contributed by atoms with Crippen LogP contribution in [0.2, 0.25) is 5.02 Å². The molecule has 120 valence electrons. The summed E-state index contributed by atoms with van der Waals surface area (Å²) in [6.07, 6.45) is -3.75. The van der Waals surface area contributed by atoms with Gasteiger partial charge in [-0.1, -0.05) is 17.7 Å². The van der Waals surface area contributed by atoms with Crippen LogP contribution in [0.25, 0.3) is 0 Å². The Morgan fingerprint density at radius 1 is 1.24 bits per heavy atom. The standard InChI is InChI=1S/C12H16ClF3N2O2S/c1-17-7-2-3-8-21(19,20)18-11-9(12(14,15)16)5-4-6-10(11)13/h4-6,17-18H,2-3,7-8H2,1H3. The van der Waals surface area contributed by atoms with Crippen molar-refractivity contribution in [1.82, 2.24) is 5.32 Å². The minimum Gasteiger partial charge on any atom is -0.320 e. The second-order valence-corrected chi connectivity index (χ2v) is 6.64. The Kier molecular flexibility index (Phi) is 6.30. The van der Waals surface area contributed by atoms with Crippen molar-refractivity contribution in [3.05, 3.63) is 28.8 Å². The Bertz CT molecular complexity index is 576. The number of sulfonamides is 1. The minimum absolute atomic E-state index is 0.267. The van der Waals surface area contributed by atoms with Crippen LogP contribution in [0.15, 0.2) is 18.2 Å². The average Bonchev–Trinajstić information content (AvgIpc) is 2.35. The van der Waals surface area contributed by atoms with Gasteiger partial charge in [0.05, 0.1) is 22.0 Å². The first-order valence-corrected chi connectivity index (χ1v) is 8.21. The molecule has 0 aliphatic carbocycles. The summed E-state index contributed by atoms with van der Waals surface area (Å²) >= 11 is 5.69. The molecule has 0 saturated carbocycles. The summed E-state index contributed by atoms with van der Waals surface area (Å²) in [5.74, 6) is -0.267. The van der Waals surface area contributed by atoms with E-state index in [0.717, 1.165) is 12.1 Å². The van der Waals surface area contributed by atoms with E-state index < -0.39 is 27.5 Å². The lowest BCUT2D eigenvalue weighted by molar-refractivity contribution is -0.136. The van der Waals surface area contributed by atoms with Crippen LogP contribution in [0.3, 0.4) is 0 Å². The molecule has 0 heterocycles. The van der Waals surface area contributed by atoms with Crippen LogP contribution in [0, 0.1) is 0 Å². The number of hydrogen-bond acceptors (Lipinski definition) is 3. The summed E-state index contributed by atoms with van der Waals surface area (Å²) in [5.41, 5.74) is -1.73. The minimum atomic E-state index is -4.69. The summed E-state index contributed by atoms with van der Waals surface area (Å²) in [5, 5.41) is 2.57. The molecule has 1 rings (SSSR count). The molecule has 0 amide bonds. The van der Waals surface area contributed by atoms with Gasteiger partial charge in [0.1, 0.15) is 0 Å². The van der Waals surface area contributed by atoms with Gasteiger partial charge < -0.3 is 5.32 Å². The summed E-state index contributed by atoms with van der Waals surface area (Å²) in [7, 11) is -2.15. The molecule has 1 aromatic rings. The van der Waals surface area contributed by atoms with E-state index in [4.69, 9.17) is 11.6 Å². The Balaban J connectivity index is 2.92. The first-order valence-electron chi connectivity index (χ1n) is 6.18. The summed E-state index contributed by atoms with van der Waals surface area (Å²) < 4.78 is 64.2. The van der Waals surface area contributed by atoms with E-state index in [2.05, 4.69) is 5.32 Å². The van der Waals surface area contributed by atoms with E-state index in [1.54, 1.807) is 7.05 Å². The number of para-hydroxylation sites is 1. The van der Waals surface area contributed by atoms with Crippen LogP contribution in [0.4, 0.5) is 18.9 Å². The molecule has 0 aromatic heterocycles. The van der Waals surface area contributed by atoms with Gasteiger partial charge in [-0.3, -0.25) is 4.72 Å². The van der Waals surface area contributed by atoms with E-state index in [-0.39, 0.29) is 10.8 Å². The summed E-state index contributed by atoms with van der Waals surface area (Å²) in [6, 6.07) is 3.11. The van der Waals surface area contributed by atoms with E-state index in [0.29, 0.717) is 19.4 Å². The van der Waals surface area contributed by atoms with Gasteiger partial charge in [0, 0.05) is 0 Å². The maximum absolute atomic E-state index is 12.9. The maximum Gasteiger partial charge on any atom is 0.418 e. The third kappa shape index (κ3) is 5.72. The van der Waals surface area contributed by atoms with Crippen molar-refractivity contribution >= 4 is 27.3 Å². The summed E-state index contributed by atoms with van der Waals surface area (Å²) in [4.78, 5) is 0. The zero-order chi connectivity index (χ0) is 16.1. The quantitative estimate of drug-likeness (QED) is 0.747. The predicted molar refractivity (Wildman–Crippen MR) is 77.0 cm³/mol. The van der Waals surface area contributed by atoms with E-state index in [1.165, 1.54) is 6.07 Å². The highest BCUT2D eigenvalue weighted by molar-refractivity contribution is 7.92. The number of nitrogens with one attached hydrogen (secondary N) is 2. The fourth-order valence-electron chi connectivity index (χ4n) is 1.66. The monoisotopic (exact) mass is 344 g/mol. The molecular formula is C12H16ClF3N2O2S. The maximum atomic E-state index is 12.9. The number of unbranched alkanes of at least 4 members (excludes halogenated alkanes) is 1. The number of benzene rings is 1. The number of alkyl halides is 3. The van der Waals surface area contributed by atoms with Crippen LogP contribution < -0.4 is 10.0 Å². The highest BCUT2D eigenvalue weighted by atomic mass is 35.5. The topological polar surface area (TPSA) is 58.2 Å². The van der Waals surface area contributed by atoms with Gasteiger partial charge in [-0.2, -0.15) is 13.2 Å². The molecule has 0 radical (unpaired) electrons. The number of rotatable bonds is 7. The molecule has 0 bridgehead atoms. The molecule has 4 nitrogen and oxygen atoms in total. The molecule has 0 unspecified atom stereocenters. The molecule has 1 aromatic carbocycles. The SMILES string of the molecule is CNCCCCS(=O)(=O)Nc1c(Cl)cccc1C(F)(F)F. The van der Waals surface area contributed by atoms with Gasteiger partial charge in [0.15, 0.2) is 0 Å². The molecule has 9 heteroatoms. The number of halogens is 4. The molecule has 0 saturated heterocycles. The zero-order valence-corrected chi connectivity index (χ0v) is 12.9. The predicted octanol–water partition coefficient (Wildman–Crippen LogP) is 3.10. The second kappa shape index (κ2) is 7.33. The molecule has 0 aliphatic rings. The van der Waals surface area contributed by atoms with Gasteiger partial charge in [0.25, 0.3) is 0 Å². The molecule has 21 heavy (non-hydrogen) atoms. The van der Waals surface area contributed by atoms with Crippen molar-refractivity contribution in [2.45, 2.75) is 19.0 Å². The Labute approximate surface area is 126 Å². The van der Waals surface area contributed by atoms with Gasteiger partial charge in [-0.05, 0) is 38.6 Å². The van der Waals surface area contributed by atoms with Crippen molar-refractivity contribution in [3.63, 3.8) is 0 Å². The van der Waals surface area contributed by atoms with Crippen LogP contribution in [-0.4, -0.2) is 27.8 Å². The molecule has 0 aliphatic heterocycles. The Hall–Kier alpha value is -0.990. The number of anilines is 1. The second-order valence-electron chi connectivity index (χ2n) is 4.39. The molecule has 0 spiro atoms. The van der Waals surface area contributed by atoms with E-state index in [9.17, 15) is 21.6 Å². The lowest BCUT2D eigenvalue weighted by Crippen LogP contribution is -2.21. The zero-order valence-electron chi connectivity index (χ0n) is 11.3. The third-order valence-electron chi connectivity index (χ3n) is 2.67. The lowest BCUT2D eigenvalue weighted by Gasteiger charge is -2.16. The number of hydrogen-bond donors (Lipinski definition) is 2. The fourth-order valence-corrected chi connectivity index (χ4v) is 3.16. The van der Waals surface area contributed by atoms with Crippen molar-refractivity contribution in [2.24, 2.45) is 0 Å². The Morgan fingerprint density at radius 3 is 2.48 bits per heavy atom. The van der Waals surface area contributed by atoms with Crippen molar-refractivity contribution in [1.29, 1.82) is 0 Å². The molecule has 0 fully saturated rings. The largest absolute Gasteiger partial charge is 0.418 e. The smallest absolute Gasteiger partial charge is 0.320 e. The molecular weight excluding hydrogens is 329 g/mol. The molecule has 2 N–H and O–H groups in total. The van der Waals surface area contributed by atoms with Crippen LogP contribution in [0.1, 0.15) is 18.4 Å². The van der Waals surface area contributed by atoms with Crippen molar-refractivity contribution in [3.8, 4) is 0 Å². The van der Waals surface area contributed by atoms with Crippen LogP contribution >= 0.6 is 11.6 Å². The van der Waals surface area contributed by atoms with E-state index >= 15 is 0 Å². The fraction of sp³-hybridized carbons (Fsp3) is 0.500. The summed E-state index contributed by atoms with van der Waals surface area (Å²) in [6.45, 7) is 0.634. The van der Waals surface area contributed by atoms with Crippen LogP contribution in [0.5, 0.6) is 0 Å². The highest BCUT2D eigenvalue weighted by Gasteiger charge is 2.35. The van der Waals surface area contributed by atoms with Gasteiger partial charge >= 0.3 is 6.18 Å². The van der Waals surface area contributed by atoms with Gasteiger partial charge in [-0.25, -0.2) is 8.42 Å². The normalized spacial score (nSPS) is 12.4. The molecule has 0 atom stereocenters. The van der Waals surface area contributed by atoms with Crippen LogP contribution in [-0.2, 0) is 16.2 Å². The first-order chi connectivity index (χ1) is 9.67. The third-order valence-corrected chi connectivity index (χ3v) is 4.32. The van der Waals surface area contributed by atoms with Crippen molar-refractivity contribution in [2.75, 3.05) is 24.1 Å². The lowest BCUT2D eigenvalue weighted by atomic mass is 10.2. The highest BCUT2D eigenvalue weighted by Crippen LogP contribution is 2.38. The van der Waals surface area contributed by atoms with Crippen molar-refractivity contribution < 1.29 is 21.6 Å². The van der Waals surface area contributed by atoms with Gasteiger partial charge in [-0.15, -0.1) is 0 Å². The average molecular weight is 345 g/mol. The Morgan fingerprint density at radius 2 is 1.90 bits per heavy atom. The van der Waals surface area contributed by atoms with Gasteiger partial charge in [0.2, 0.25) is 10.0 Å².